The number of hydrogen-bond acceptors (Lipinski definition) is 4. The highest BCUT2D eigenvalue weighted by Gasteiger charge is 2.11. The van der Waals surface area contributed by atoms with Gasteiger partial charge in [-0.05, 0) is 36.4 Å². The van der Waals surface area contributed by atoms with Gasteiger partial charge in [0, 0.05) is 37.4 Å². The van der Waals surface area contributed by atoms with Crippen molar-refractivity contribution in [2.75, 3.05) is 31.1 Å². The SMILES string of the molecule is O=Cc1ccc(-c2ccc(N3CCNCC3)cc2)o1. The summed E-state index contributed by atoms with van der Waals surface area (Å²) >= 11 is 0. The summed E-state index contributed by atoms with van der Waals surface area (Å²) in [5.41, 5.74) is 2.22. The monoisotopic (exact) mass is 256 g/mol. The molecule has 0 bridgehead atoms. The van der Waals surface area contributed by atoms with Crippen molar-refractivity contribution in [3.8, 4) is 11.3 Å². The van der Waals surface area contributed by atoms with Crippen LogP contribution < -0.4 is 10.2 Å². The first kappa shape index (κ1) is 12.0. The van der Waals surface area contributed by atoms with Crippen LogP contribution in [-0.2, 0) is 0 Å². The minimum Gasteiger partial charge on any atom is -0.453 e. The van der Waals surface area contributed by atoms with Gasteiger partial charge in [0.2, 0.25) is 0 Å². The van der Waals surface area contributed by atoms with Crippen LogP contribution in [0.15, 0.2) is 40.8 Å². The second kappa shape index (κ2) is 5.28. The Morgan fingerprint density at radius 1 is 1.05 bits per heavy atom. The van der Waals surface area contributed by atoms with Gasteiger partial charge in [-0.25, -0.2) is 0 Å². The molecule has 0 radical (unpaired) electrons. The van der Waals surface area contributed by atoms with Gasteiger partial charge >= 0.3 is 0 Å². The minimum atomic E-state index is 0.362. The molecule has 0 unspecified atom stereocenters. The Morgan fingerprint density at radius 3 is 2.42 bits per heavy atom. The first-order valence-corrected chi connectivity index (χ1v) is 6.48. The fourth-order valence-electron chi connectivity index (χ4n) is 2.33. The number of carbonyl (C=O) groups is 1. The number of carbonyl (C=O) groups excluding carboxylic acids is 1. The standard InChI is InChI=1S/C15H16N2O2/c18-11-14-5-6-15(19-14)12-1-3-13(4-2-12)17-9-7-16-8-10-17/h1-6,11,16H,7-10H2. The highest BCUT2D eigenvalue weighted by Crippen LogP contribution is 2.24. The minimum absolute atomic E-state index is 0.362. The van der Waals surface area contributed by atoms with E-state index in [9.17, 15) is 4.79 Å². The smallest absolute Gasteiger partial charge is 0.185 e. The zero-order valence-electron chi connectivity index (χ0n) is 10.6. The molecule has 1 aromatic heterocycles. The van der Waals surface area contributed by atoms with E-state index in [4.69, 9.17) is 4.42 Å². The number of piperazine rings is 1. The van der Waals surface area contributed by atoms with Crippen LogP contribution in [0.2, 0.25) is 0 Å². The maximum atomic E-state index is 10.6. The van der Waals surface area contributed by atoms with E-state index >= 15 is 0 Å². The summed E-state index contributed by atoms with van der Waals surface area (Å²) in [6.07, 6.45) is 0.721. The fraction of sp³-hybridized carbons (Fsp3) is 0.267. The highest BCUT2D eigenvalue weighted by molar-refractivity contribution is 5.73. The van der Waals surface area contributed by atoms with E-state index in [1.807, 2.05) is 18.2 Å². The molecule has 1 N–H and O–H groups in total. The Morgan fingerprint density at radius 2 is 1.79 bits per heavy atom. The predicted octanol–water partition coefficient (Wildman–Crippen LogP) is 2.17. The van der Waals surface area contributed by atoms with E-state index in [1.165, 1.54) is 5.69 Å². The lowest BCUT2D eigenvalue weighted by molar-refractivity contribution is 0.110. The van der Waals surface area contributed by atoms with Crippen molar-refractivity contribution in [1.82, 2.24) is 5.32 Å². The summed E-state index contributed by atoms with van der Waals surface area (Å²) in [6, 6.07) is 11.8. The van der Waals surface area contributed by atoms with Gasteiger partial charge in [0.05, 0.1) is 0 Å². The van der Waals surface area contributed by atoms with Crippen LogP contribution in [-0.4, -0.2) is 32.5 Å². The van der Waals surface area contributed by atoms with E-state index < -0.39 is 0 Å². The molecule has 2 heterocycles. The maximum Gasteiger partial charge on any atom is 0.185 e. The van der Waals surface area contributed by atoms with E-state index in [1.54, 1.807) is 6.07 Å². The number of furan rings is 1. The number of hydrogen-bond donors (Lipinski definition) is 1. The summed E-state index contributed by atoms with van der Waals surface area (Å²) in [4.78, 5) is 13.0. The van der Waals surface area contributed by atoms with Crippen molar-refractivity contribution in [3.05, 3.63) is 42.2 Å². The van der Waals surface area contributed by atoms with Crippen molar-refractivity contribution in [1.29, 1.82) is 0 Å². The number of anilines is 1. The molecule has 0 spiro atoms. The van der Waals surface area contributed by atoms with Crippen molar-refractivity contribution < 1.29 is 9.21 Å². The van der Waals surface area contributed by atoms with Gasteiger partial charge in [0.1, 0.15) is 5.76 Å². The quantitative estimate of drug-likeness (QED) is 0.855. The zero-order valence-corrected chi connectivity index (χ0v) is 10.6. The molecule has 3 rings (SSSR count). The zero-order chi connectivity index (χ0) is 13.1. The lowest BCUT2D eigenvalue weighted by atomic mass is 10.1. The third-order valence-corrected chi connectivity index (χ3v) is 3.38. The molecule has 1 saturated heterocycles. The van der Waals surface area contributed by atoms with Crippen LogP contribution in [0.1, 0.15) is 10.6 Å². The average molecular weight is 256 g/mol. The average Bonchev–Trinajstić information content (AvgIpc) is 2.97. The summed E-state index contributed by atoms with van der Waals surface area (Å²) in [6.45, 7) is 4.13. The molecule has 2 aromatic rings. The molecular weight excluding hydrogens is 240 g/mol. The lowest BCUT2D eigenvalue weighted by Gasteiger charge is -2.29. The fourth-order valence-corrected chi connectivity index (χ4v) is 2.33. The van der Waals surface area contributed by atoms with Crippen LogP contribution in [0.4, 0.5) is 5.69 Å². The van der Waals surface area contributed by atoms with Crippen molar-refractivity contribution in [2.45, 2.75) is 0 Å². The molecule has 4 nitrogen and oxygen atoms in total. The third kappa shape index (κ3) is 2.53. The van der Waals surface area contributed by atoms with Crippen molar-refractivity contribution in [2.24, 2.45) is 0 Å². The molecule has 1 aliphatic rings. The lowest BCUT2D eigenvalue weighted by Crippen LogP contribution is -2.43. The normalized spacial score (nSPS) is 15.5. The van der Waals surface area contributed by atoms with E-state index in [-0.39, 0.29) is 0 Å². The number of benzene rings is 1. The van der Waals surface area contributed by atoms with E-state index in [2.05, 4.69) is 22.3 Å². The van der Waals surface area contributed by atoms with Gasteiger partial charge in [-0.1, -0.05) is 0 Å². The van der Waals surface area contributed by atoms with Gasteiger partial charge in [-0.15, -0.1) is 0 Å². The second-order valence-electron chi connectivity index (χ2n) is 4.60. The molecular formula is C15H16N2O2. The summed E-state index contributed by atoms with van der Waals surface area (Å²) in [5, 5.41) is 3.34. The van der Waals surface area contributed by atoms with Gasteiger partial charge in [-0.2, -0.15) is 0 Å². The first-order valence-electron chi connectivity index (χ1n) is 6.48. The van der Waals surface area contributed by atoms with Gasteiger partial charge in [0.15, 0.2) is 12.0 Å². The highest BCUT2D eigenvalue weighted by atomic mass is 16.3. The number of aldehydes is 1. The van der Waals surface area contributed by atoms with Gasteiger partial charge in [0.25, 0.3) is 0 Å². The van der Waals surface area contributed by atoms with Crippen LogP contribution >= 0.6 is 0 Å². The van der Waals surface area contributed by atoms with Crippen molar-refractivity contribution in [3.63, 3.8) is 0 Å². The molecule has 1 aliphatic heterocycles. The van der Waals surface area contributed by atoms with Gasteiger partial charge in [-0.3, -0.25) is 4.79 Å². The Kier molecular flexibility index (Phi) is 3.33. The molecule has 19 heavy (non-hydrogen) atoms. The van der Waals surface area contributed by atoms with Crippen LogP contribution in [0.25, 0.3) is 11.3 Å². The topological polar surface area (TPSA) is 45.5 Å². The Labute approximate surface area is 112 Å². The predicted molar refractivity (Wildman–Crippen MR) is 74.6 cm³/mol. The number of nitrogens with zero attached hydrogens (tertiary/aromatic N) is 1. The number of nitrogens with one attached hydrogen (secondary N) is 1. The molecule has 0 amide bonds. The Balaban J connectivity index is 1.79. The molecule has 4 heteroatoms. The number of rotatable bonds is 3. The molecule has 0 atom stereocenters. The first-order chi connectivity index (χ1) is 9.36. The maximum absolute atomic E-state index is 10.6. The molecule has 0 aliphatic carbocycles. The van der Waals surface area contributed by atoms with Crippen LogP contribution in [0.3, 0.4) is 0 Å². The molecule has 98 valence electrons. The second-order valence-corrected chi connectivity index (χ2v) is 4.60. The van der Waals surface area contributed by atoms with Crippen LogP contribution in [0, 0.1) is 0 Å². The third-order valence-electron chi connectivity index (χ3n) is 3.38. The Hall–Kier alpha value is -2.07. The van der Waals surface area contributed by atoms with E-state index in [0.29, 0.717) is 5.76 Å². The Bertz CT molecular complexity index is 554. The van der Waals surface area contributed by atoms with Crippen molar-refractivity contribution >= 4 is 12.0 Å². The largest absolute Gasteiger partial charge is 0.453 e. The summed E-state index contributed by atoms with van der Waals surface area (Å²) < 4.78 is 5.41. The molecule has 1 fully saturated rings. The van der Waals surface area contributed by atoms with Crippen LogP contribution in [0.5, 0.6) is 0 Å². The molecule has 0 saturated carbocycles. The summed E-state index contributed by atoms with van der Waals surface area (Å²) in [5.74, 6) is 1.09. The summed E-state index contributed by atoms with van der Waals surface area (Å²) in [7, 11) is 0. The molecule has 1 aromatic carbocycles. The van der Waals surface area contributed by atoms with E-state index in [0.717, 1.165) is 43.8 Å². The van der Waals surface area contributed by atoms with Gasteiger partial charge < -0.3 is 14.6 Å².